The van der Waals surface area contributed by atoms with E-state index in [-0.39, 0.29) is 25.1 Å². The zero-order chi connectivity index (χ0) is 25.2. The van der Waals surface area contributed by atoms with E-state index in [1.165, 1.54) is 10.6 Å². The first-order valence-corrected chi connectivity index (χ1v) is 11.4. The summed E-state index contributed by atoms with van der Waals surface area (Å²) in [4.78, 5) is -0.723. The average molecular weight is 511 g/mol. The van der Waals surface area contributed by atoms with Crippen molar-refractivity contribution in [2.45, 2.75) is 11.1 Å². The van der Waals surface area contributed by atoms with Crippen molar-refractivity contribution in [3.63, 3.8) is 0 Å². The monoisotopic (exact) mass is 511 g/mol. The van der Waals surface area contributed by atoms with Crippen LogP contribution in [0.2, 0.25) is 0 Å². The molecule has 14 heteroatoms. The van der Waals surface area contributed by atoms with Crippen molar-refractivity contribution < 1.29 is 35.5 Å². The molecule has 0 saturated heterocycles. The second-order valence-electron chi connectivity index (χ2n) is 7.08. The smallest absolute Gasteiger partial charge is 0.419 e. The van der Waals surface area contributed by atoms with E-state index in [4.69, 9.17) is 9.47 Å². The van der Waals surface area contributed by atoms with Crippen LogP contribution in [0.25, 0.3) is 17.0 Å². The fourth-order valence-electron chi connectivity index (χ4n) is 3.07. The number of methoxy groups -OCH3 is 1. The Morgan fingerprint density at radius 3 is 2.46 bits per heavy atom. The van der Waals surface area contributed by atoms with Crippen LogP contribution in [-0.2, 0) is 16.2 Å². The normalized spacial score (nSPS) is 12.1. The Kier molecular flexibility index (Phi) is 6.58. The molecule has 0 aliphatic heterocycles. The summed E-state index contributed by atoms with van der Waals surface area (Å²) < 4.78 is 90.8. The molecule has 0 aliphatic carbocycles. The Morgan fingerprint density at radius 1 is 1.03 bits per heavy atom. The lowest BCUT2D eigenvalue weighted by Crippen LogP contribution is -2.28. The molecule has 184 valence electrons. The van der Waals surface area contributed by atoms with Gasteiger partial charge in [0.15, 0.2) is 11.5 Å². The van der Waals surface area contributed by atoms with E-state index in [1.807, 2.05) is 0 Å². The maximum atomic E-state index is 13.4. The summed E-state index contributed by atoms with van der Waals surface area (Å²) in [6, 6.07) is 11.6. The Hall–Kier alpha value is -3.78. The van der Waals surface area contributed by atoms with Gasteiger partial charge < -0.3 is 9.47 Å². The standard InChI is InChI=1S/C21H17F4N5O4S/c1-33-14-4-2-13(3-5-14)20-28-27-18-8-9-19(29-30(18)20)34-11-10-26-35(31,32)15-6-7-17(22)16(12-15)21(23,24)25/h2-9,12,26H,10-11H2,1H3. The number of benzene rings is 2. The minimum Gasteiger partial charge on any atom is -0.497 e. The Labute approximate surface area is 196 Å². The van der Waals surface area contributed by atoms with Gasteiger partial charge in [-0.05, 0) is 48.5 Å². The maximum Gasteiger partial charge on any atom is 0.419 e. The minimum atomic E-state index is -5.03. The Balaban J connectivity index is 1.43. The van der Waals surface area contributed by atoms with Gasteiger partial charge in [0.1, 0.15) is 18.2 Å². The highest BCUT2D eigenvalue weighted by atomic mass is 32.2. The van der Waals surface area contributed by atoms with Gasteiger partial charge in [-0.3, -0.25) is 0 Å². The molecule has 0 amide bonds. The third kappa shape index (κ3) is 5.33. The lowest BCUT2D eigenvalue weighted by atomic mass is 10.2. The van der Waals surface area contributed by atoms with Crippen LogP contribution in [0.4, 0.5) is 17.6 Å². The molecule has 0 aliphatic rings. The van der Waals surface area contributed by atoms with Gasteiger partial charge >= 0.3 is 6.18 Å². The van der Waals surface area contributed by atoms with E-state index in [9.17, 15) is 26.0 Å². The topological polar surface area (TPSA) is 108 Å². The van der Waals surface area contributed by atoms with Crippen LogP contribution >= 0.6 is 0 Å². The molecule has 1 N–H and O–H groups in total. The van der Waals surface area contributed by atoms with Crippen molar-refractivity contribution in [3.05, 3.63) is 66.0 Å². The van der Waals surface area contributed by atoms with Gasteiger partial charge in [-0.2, -0.15) is 17.7 Å². The first-order valence-electron chi connectivity index (χ1n) is 9.94. The Bertz CT molecular complexity index is 1460. The van der Waals surface area contributed by atoms with Crippen LogP contribution < -0.4 is 14.2 Å². The number of sulfonamides is 1. The van der Waals surface area contributed by atoms with Gasteiger partial charge in [-0.15, -0.1) is 15.3 Å². The fourth-order valence-corrected chi connectivity index (χ4v) is 4.11. The van der Waals surface area contributed by atoms with Crippen molar-refractivity contribution in [2.75, 3.05) is 20.3 Å². The van der Waals surface area contributed by atoms with E-state index in [0.29, 0.717) is 28.9 Å². The Morgan fingerprint density at radius 2 is 1.77 bits per heavy atom. The van der Waals surface area contributed by atoms with E-state index in [1.54, 1.807) is 37.4 Å². The molecular formula is C21H17F4N5O4S. The lowest BCUT2D eigenvalue weighted by molar-refractivity contribution is -0.140. The molecule has 0 atom stereocenters. The predicted molar refractivity (Wildman–Crippen MR) is 115 cm³/mol. The molecule has 0 radical (unpaired) electrons. The van der Waals surface area contributed by atoms with Crippen molar-refractivity contribution in [2.24, 2.45) is 0 Å². The van der Waals surface area contributed by atoms with Crippen molar-refractivity contribution in [1.82, 2.24) is 24.5 Å². The first kappa shape index (κ1) is 24.3. The van der Waals surface area contributed by atoms with Crippen molar-refractivity contribution in [1.29, 1.82) is 0 Å². The molecule has 0 unspecified atom stereocenters. The second kappa shape index (κ2) is 9.46. The number of ether oxygens (including phenoxy) is 2. The van der Waals surface area contributed by atoms with Crippen LogP contribution in [0.5, 0.6) is 11.6 Å². The summed E-state index contributed by atoms with van der Waals surface area (Å²) in [6.45, 7) is -0.473. The highest BCUT2D eigenvalue weighted by Crippen LogP contribution is 2.32. The molecule has 9 nitrogen and oxygen atoms in total. The van der Waals surface area contributed by atoms with Gasteiger partial charge in [-0.25, -0.2) is 17.5 Å². The van der Waals surface area contributed by atoms with Crippen LogP contribution in [0.1, 0.15) is 5.56 Å². The molecule has 0 fully saturated rings. The largest absolute Gasteiger partial charge is 0.497 e. The van der Waals surface area contributed by atoms with Gasteiger partial charge in [0.25, 0.3) is 0 Å². The van der Waals surface area contributed by atoms with Gasteiger partial charge in [0.2, 0.25) is 15.9 Å². The van der Waals surface area contributed by atoms with Crippen LogP contribution in [0.15, 0.2) is 59.5 Å². The minimum absolute atomic E-state index is 0.132. The summed E-state index contributed by atoms with van der Waals surface area (Å²) in [5.41, 5.74) is -0.510. The average Bonchev–Trinajstić information content (AvgIpc) is 3.24. The molecule has 4 aromatic rings. The number of hydrogen-bond donors (Lipinski definition) is 1. The number of halogens is 4. The molecule has 0 bridgehead atoms. The molecule has 0 saturated carbocycles. The number of aromatic nitrogens is 4. The molecule has 2 aromatic carbocycles. The van der Waals surface area contributed by atoms with Gasteiger partial charge in [0, 0.05) is 18.2 Å². The molecule has 2 aromatic heterocycles. The van der Waals surface area contributed by atoms with Crippen LogP contribution in [-0.4, -0.2) is 48.5 Å². The molecule has 0 spiro atoms. The summed E-state index contributed by atoms with van der Waals surface area (Å²) in [7, 11) is -2.79. The zero-order valence-corrected chi connectivity index (χ0v) is 18.8. The highest BCUT2D eigenvalue weighted by molar-refractivity contribution is 7.89. The van der Waals surface area contributed by atoms with Crippen LogP contribution in [0.3, 0.4) is 0 Å². The quantitative estimate of drug-likeness (QED) is 0.286. The van der Waals surface area contributed by atoms with E-state index >= 15 is 0 Å². The van der Waals surface area contributed by atoms with Crippen molar-refractivity contribution >= 4 is 15.7 Å². The first-order chi connectivity index (χ1) is 16.6. The molecule has 4 rings (SSSR count). The predicted octanol–water partition coefficient (Wildman–Crippen LogP) is 3.32. The van der Waals surface area contributed by atoms with Gasteiger partial charge in [0.05, 0.1) is 17.6 Å². The highest BCUT2D eigenvalue weighted by Gasteiger charge is 2.35. The number of hydrogen-bond acceptors (Lipinski definition) is 7. The fraction of sp³-hybridized carbons (Fsp3) is 0.190. The second-order valence-corrected chi connectivity index (χ2v) is 8.85. The summed E-state index contributed by atoms with van der Waals surface area (Å²) in [5.74, 6) is -0.334. The number of rotatable bonds is 8. The molecule has 35 heavy (non-hydrogen) atoms. The molecule has 2 heterocycles. The van der Waals surface area contributed by atoms with E-state index in [2.05, 4.69) is 20.0 Å². The summed E-state index contributed by atoms with van der Waals surface area (Å²) in [5, 5.41) is 12.4. The maximum absolute atomic E-state index is 13.4. The van der Waals surface area contributed by atoms with Crippen LogP contribution in [0, 0.1) is 5.82 Å². The number of nitrogens with one attached hydrogen (secondary N) is 1. The van der Waals surface area contributed by atoms with Crippen molar-refractivity contribution in [3.8, 4) is 23.0 Å². The van der Waals surface area contributed by atoms with Gasteiger partial charge in [-0.1, -0.05) is 0 Å². The summed E-state index contributed by atoms with van der Waals surface area (Å²) >= 11 is 0. The molecular weight excluding hydrogens is 494 g/mol. The zero-order valence-electron chi connectivity index (χ0n) is 18.0. The van der Waals surface area contributed by atoms with E-state index < -0.39 is 32.5 Å². The number of nitrogens with zero attached hydrogens (tertiary/aromatic N) is 4. The third-order valence-corrected chi connectivity index (χ3v) is 6.24. The van der Waals surface area contributed by atoms with E-state index in [0.717, 1.165) is 6.07 Å². The lowest BCUT2D eigenvalue weighted by Gasteiger charge is -2.11. The SMILES string of the molecule is COc1ccc(-c2nnc3ccc(OCCNS(=O)(=O)c4ccc(F)c(C(F)(F)F)c4)nn23)cc1. The third-order valence-electron chi connectivity index (χ3n) is 4.78. The number of alkyl halides is 3. The summed E-state index contributed by atoms with van der Waals surface area (Å²) in [6.07, 6.45) is -5.03. The number of fused-ring (bicyclic) bond motifs is 1.